The zero-order chi connectivity index (χ0) is 37.7. The van der Waals surface area contributed by atoms with Crippen molar-refractivity contribution in [3.8, 4) is 11.8 Å². The molecule has 2 saturated heterocycles. The van der Waals surface area contributed by atoms with Gasteiger partial charge in [-0.15, -0.1) is 11.6 Å². The molecule has 0 spiro atoms. The third kappa shape index (κ3) is 10.7. The third-order valence-corrected chi connectivity index (χ3v) is 11.6. The lowest BCUT2D eigenvalue weighted by Gasteiger charge is -2.54. The molecule has 0 radical (unpaired) electrons. The van der Waals surface area contributed by atoms with E-state index in [4.69, 9.17) is 44.4 Å². The molecule has 2 bridgehead atoms. The molecule has 1 aliphatic carbocycles. The van der Waals surface area contributed by atoms with Crippen LogP contribution in [0, 0.1) is 29.6 Å². The van der Waals surface area contributed by atoms with Crippen LogP contribution in [0.5, 0.6) is 0 Å². The van der Waals surface area contributed by atoms with Crippen molar-refractivity contribution in [3.63, 3.8) is 0 Å². The summed E-state index contributed by atoms with van der Waals surface area (Å²) in [6, 6.07) is -0.694. The predicted molar refractivity (Wildman–Crippen MR) is 196 cm³/mol. The quantitative estimate of drug-likeness (QED) is 0.0317. The van der Waals surface area contributed by atoms with Crippen molar-refractivity contribution in [3.05, 3.63) is 46.4 Å². The number of hydrogen-bond donors (Lipinski definition) is 1. The van der Waals surface area contributed by atoms with Gasteiger partial charge in [-0.05, 0) is 64.5 Å². The zero-order valence-corrected chi connectivity index (χ0v) is 33.3. The van der Waals surface area contributed by atoms with E-state index in [1.54, 1.807) is 31.4 Å². The molecule has 4 rings (SSSR count). The summed E-state index contributed by atoms with van der Waals surface area (Å²) in [7, 11) is 0.964. The molecule has 14 atom stereocenters. The van der Waals surface area contributed by atoms with Gasteiger partial charge in [-0.25, -0.2) is 0 Å². The predicted octanol–water partition coefficient (Wildman–Crippen LogP) is 6.58. The number of aliphatic hydroxyl groups is 1. The first-order chi connectivity index (χ1) is 23.9. The number of cyclic esters (lactones) is 1. The second-order valence-electron chi connectivity index (χ2n) is 15.6. The van der Waals surface area contributed by atoms with Crippen molar-refractivity contribution in [1.82, 2.24) is 0 Å². The molecule has 3 aliphatic heterocycles. The fraction of sp³-hybridized carbons (Fsp3) is 0.757. The molecule has 0 aromatic heterocycles. The van der Waals surface area contributed by atoms with Gasteiger partial charge in [-0.3, -0.25) is 4.79 Å². The number of hydrogen-bond acceptors (Lipinski definition) is 10. The standard InChI is InChI=1S/C37H56ClN3O9Si/c1-22-17-27(16-14-12-11-13-15-26-19-28(26)38)47-31(42)21-37(43)20-30(24(3)32(49-37)23(2)29(18-22)44-6)48-35-34(45-7)36(5,50-51(8,9)10)33(40-41-39)25(4)46-35/h11-12,14,16,18,23-30,32-35,43H,17,19-21H2,1-10H3/b12-11+,16-14+,22-18+/t23-,24-,25+,26-,27+,28-,29-,30+,32+,33-,34+,35+,36-,37+/m1/s1. The first kappa shape index (κ1) is 41.5. The molecule has 0 amide bonds. The maximum absolute atomic E-state index is 13.5. The number of alkyl halides is 1. The van der Waals surface area contributed by atoms with Crippen LogP contribution in [0.2, 0.25) is 19.6 Å². The second kappa shape index (κ2) is 17.3. The number of azide groups is 1. The Hall–Kier alpha value is -2.21. The van der Waals surface area contributed by atoms with Gasteiger partial charge in [-0.1, -0.05) is 54.6 Å². The summed E-state index contributed by atoms with van der Waals surface area (Å²) in [5.41, 5.74) is 9.33. The Kier molecular flexibility index (Phi) is 14.1. The van der Waals surface area contributed by atoms with Crippen molar-refractivity contribution < 1.29 is 42.7 Å². The molecular weight excluding hydrogens is 694 g/mol. The van der Waals surface area contributed by atoms with E-state index in [0.29, 0.717) is 6.42 Å². The number of halogens is 1. The fourth-order valence-electron chi connectivity index (χ4n) is 7.55. The minimum absolute atomic E-state index is 0.0406. The Morgan fingerprint density at radius 2 is 1.88 bits per heavy atom. The van der Waals surface area contributed by atoms with Gasteiger partial charge in [-0.2, -0.15) is 0 Å². The van der Waals surface area contributed by atoms with Crippen LogP contribution in [0.15, 0.2) is 41.1 Å². The average molecular weight is 750 g/mol. The van der Waals surface area contributed by atoms with Crippen LogP contribution in [-0.4, -0.2) is 99.3 Å². The van der Waals surface area contributed by atoms with Gasteiger partial charge in [0, 0.05) is 55.1 Å². The summed E-state index contributed by atoms with van der Waals surface area (Å²) in [6.45, 7) is 15.8. The van der Waals surface area contributed by atoms with Crippen molar-refractivity contribution in [2.24, 2.45) is 22.9 Å². The number of carbonyl (C=O) groups is 1. The van der Waals surface area contributed by atoms with E-state index in [2.05, 4.69) is 41.5 Å². The Bertz CT molecular complexity index is 1440. The highest BCUT2D eigenvalue weighted by atomic mass is 35.5. The zero-order valence-electron chi connectivity index (χ0n) is 31.6. The number of nitrogens with zero attached hydrogens (tertiary/aromatic N) is 3. The van der Waals surface area contributed by atoms with Crippen molar-refractivity contribution in [2.75, 3.05) is 14.2 Å². The number of methoxy groups -OCH3 is 2. The van der Waals surface area contributed by atoms with Gasteiger partial charge in [0.1, 0.15) is 12.2 Å². The summed E-state index contributed by atoms with van der Waals surface area (Å²) < 4.78 is 44.1. The van der Waals surface area contributed by atoms with Crippen LogP contribution in [0.25, 0.3) is 10.4 Å². The molecule has 14 heteroatoms. The Morgan fingerprint density at radius 3 is 2.49 bits per heavy atom. The second-order valence-corrected chi connectivity index (χ2v) is 20.5. The molecular formula is C37H56ClN3O9Si. The Balaban J connectivity index is 1.62. The van der Waals surface area contributed by atoms with Gasteiger partial charge in [0.15, 0.2) is 20.4 Å². The van der Waals surface area contributed by atoms with Crippen LogP contribution < -0.4 is 0 Å². The summed E-state index contributed by atoms with van der Waals surface area (Å²) in [6.07, 6.45) is 5.51. The molecule has 1 N–H and O–H groups in total. The third-order valence-electron chi connectivity index (χ3n) is 10.0. The van der Waals surface area contributed by atoms with Gasteiger partial charge >= 0.3 is 5.97 Å². The number of ether oxygens (including phenoxy) is 6. The summed E-state index contributed by atoms with van der Waals surface area (Å²) in [4.78, 5) is 16.6. The van der Waals surface area contributed by atoms with Crippen LogP contribution in [0.3, 0.4) is 0 Å². The maximum atomic E-state index is 13.5. The van der Waals surface area contributed by atoms with E-state index in [-0.39, 0.29) is 35.7 Å². The normalized spacial score (nSPS) is 43.1. The summed E-state index contributed by atoms with van der Waals surface area (Å²) in [5, 5.41) is 16.2. The number of carbonyl (C=O) groups excluding carboxylic acids is 1. The lowest BCUT2D eigenvalue weighted by Crippen LogP contribution is -2.68. The van der Waals surface area contributed by atoms with Gasteiger partial charge in [0.2, 0.25) is 0 Å². The first-order valence-corrected chi connectivity index (χ1v) is 21.6. The molecule has 284 valence electrons. The highest BCUT2D eigenvalue weighted by Crippen LogP contribution is 2.44. The molecule has 12 nitrogen and oxygen atoms in total. The van der Waals surface area contributed by atoms with Crippen molar-refractivity contribution in [2.45, 2.75) is 146 Å². The monoisotopic (exact) mass is 749 g/mol. The van der Waals surface area contributed by atoms with E-state index in [0.717, 1.165) is 12.0 Å². The lowest BCUT2D eigenvalue weighted by molar-refractivity contribution is -0.349. The molecule has 4 aliphatic rings. The smallest absolute Gasteiger partial charge is 0.311 e. The molecule has 0 aromatic carbocycles. The Morgan fingerprint density at radius 1 is 1.18 bits per heavy atom. The molecule has 51 heavy (non-hydrogen) atoms. The minimum Gasteiger partial charge on any atom is -0.458 e. The summed E-state index contributed by atoms with van der Waals surface area (Å²) in [5.74, 6) is 3.31. The van der Waals surface area contributed by atoms with Crippen LogP contribution in [0.1, 0.15) is 60.3 Å². The van der Waals surface area contributed by atoms with Crippen LogP contribution in [0.4, 0.5) is 0 Å². The first-order valence-electron chi connectivity index (χ1n) is 17.8. The molecule has 1 saturated carbocycles. The average Bonchev–Trinajstić information content (AvgIpc) is 3.73. The van der Waals surface area contributed by atoms with Gasteiger partial charge in [0.05, 0.1) is 42.5 Å². The van der Waals surface area contributed by atoms with Crippen molar-refractivity contribution >= 4 is 25.9 Å². The minimum atomic E-state index is -2.22. The number of allylic oxidation sites excluding steroid dienone is 3. The van der Waals surface area contributed by atoms with E-state index < -0.39 is 74.9 Å². The van der Waals surface area contributed by atoms with E-state index in [9.17, 15) is 15.4 Å². The number of fused-ring (bicyclic) bond motifs is 2. The Labute approximate surface area is 308 Å². The lowest BCUT2D eigenvalue weighted by atomic mass is 9.79. The largest absolute Gasteiger partial charge is 0.458 e. The van der Waals surface area contributed by atoms with Crippen LogP contribution >= 0.6 is 11.6 Å². The van der Waals surface area contributed by atoms with E-state index in [1.165, 1.54) is 7.11 Å². The molecule has 3 heterocycles. The highest BCUT2D eigenvalue weighted by Gasteiger charge is 2.58. The SMILES string of the molecule is CO[C@@H]1/C=C(\C)C[C@H](/C=C/C=C/C#C[C@@H]2C[C@H]2Cl)OC(=O)C[C@]2(O)C[C@H](O[C@@H]3O[C@@H](C)[C@@H](N=[N+]=[N-])[C@@](C)(O[Si](C)(C)C)[C@H]3OC)[C@@H](C)[C@@H](O2)[C@@H]1C. The number of rotatable bonds is 9. The highest BCUT2D eigenvalue weighted by molar-refractivity contribution is 6.69. The summed E-state index contributed by atoms with van der Waals surface area (Å²) >= 11 is 6.02. The van der Waals surface area contributed by atoms with E-state index in [1.807, 2.05) is 40.7 Å². The molecule has 0 aromatic rings. The van der Waals surface area contributed by atoms with Gasteiger partial charge < -0.3 is 38.0 Å². The fourth-order valence-corrected chi connectivity index (χ4v) is 9.36. The number of esters is 1. The van der Waals surface area contributed by atoms with Crippen molar-refractivity contribution in [1.29, 1.82) is 0 Å². The van der Waals surface area contributed by atoms with Crippen LogP contribution in [-0.2, 0) is 37.6 Å². The van der Waals surface area contributed by atoms with Gasteiger partial charge in [0.25, 0.3) is 0 Å². The molecule has 0 unspecified atom stereocenters. The molecule has 3 fully saturated rings. The van der Waals surface area contributed by atoms with E-state index >= 15 is 0 Å². The maximum Gasteiger partial charge on any atom is 0.311 e. The topological polar surface area (TPSA) is 151 Å².